The van der Waals surface area contributed by atoms with Gasteiger partial charge in [-0.25, -0.2) is 0 Å². The zero-order valence-corrected chi connectivity index (χ0v) is 12.1. The molecule has 1 aliphatic rings. The lowest BCUT2D eigenvalue weighted by Gasteiger charge is -2.44. The molecule has 0 spiro atoms. The highest BCUT2D eigenvalue weighted by atomic mass is 35.5. The highest BCUT2D eigenvalue weighted by Crippen LogP contribution is 2.29. The van der Waals surface area contributed by atoms with E-state index in [-0.39, 0.29) is 0 Å². The summed E-state index contributed by atoms with van der Waals surface area (Å²) in [5.41, 5.74) is 1.15. The quantitative estimate of drug-likeness (QED) is 0.905. The van der Waals surface area contributed by atoms with Gasteiger partial charge in [0.1, 0.15) is 0 Å². The molecule has 0 aliphatic carbocycles. The molecule has 0 radical (unpaired) electrons. The molecule has 0 amide bonds. The summed E-state index contributed by atoms with van der Waals surface area (Å²) in [6.07, 6.45) is 0. The van der Waals surface area contributed by atoms with Crippen LogP contribution in [0.4, 0.5) is 5.69 Å². The van der Waals surface area contributed by atoms with Gasteiger partial charge in [0.25, 0.3) is 0 Å². The zero-order valence-electron chi connectivity index (χ0n) is 11.4. The van der Waals surface area contributed by atoms with Gasteiger partial charge in [0.15, 0.2) is 0 Å². The van der Waals surface area contributed by atoms with E-state index in [9.17, 15) is 0 Å². The Morgan fingerprint density at radius 3 is 2.72 bits per heavy atom. The van der Waals surface area contributed by atoms with Crippen LogP contribution in [-0.2, 0) is 0 Å². The summed E-state index contributed by atoms with van der Waals surface area (Å²) < 4.78 is 0. The monoisotopic (exact) mass is 267 g/mol. The lowest BCUT2D eigenvalue weighted by Crippen LogP contribution is -2.59. The predicted molar refractivity (Wildman–Crippen MR) is 78.6 cm³/mol. The molecule has 4 heteroatoms. The van der Waals surface area contributed by atoms with E-state index in [0.717, 1.165) is 30.3 Å². The van der Waals surface area contributed by atoms with E-state index in [1.165, 1.54) is 0 Å². The van der Waals surface area contributed by atoms with Crippen molar-refractivity contribution in [3.8, 4) is 0 Å². The van der Waals surface area contributed by atoms with Gasteiger partial charge in [-0.1, -0.05) is 23.7 Å². The molecule has 0 saturated carbocycles. The van der Waals surface area contributed by atoms with Gasteiger partial charge in [-0.2, -0.15) is 0 Å². The van der Waals surface area contributed by atoms with Crippen LogP contribution in [0.5, 0.6) is 0 Å². The summed E-state index contributed by atoms with van der Waals surface area (Å²) in [4.78, 5) is 4.69. The molecule has 0 aromatic heterocycles. The third-order valence-corrected chi connectivity index (χ3v) is 3.71. The standard InChI is InChI=1S/C14H22ClN3/c1-11-8-16-9-12(10-17(2)3)18(11)14-7-5-4-6-13(14)15/h4-7,11-12,16H,8-10H2,1-3H3. The molecule has 2 unspecified atom stereocenters. The van der Waals surface area contributed by atoms with Crippen molar-refractivity contribution in [3.63, 3.8) is 0 Å². The fourth-order valence-corrected chi connectivity index (χ4v) is 2.92. The van der Waals surface area contributed by atoms with Gasteiger partial charge in [-0.15, -0.1) is 0 Å². The Balaban J connectivity index is 2.27. The minimum atomic E-state index is 0.462. The number of piperazine rings is 1. The number of hydrogen-bond donors (Lipinski definition) is 1. The first-order valence-corrected chi connectivity index (χ1v) is 6.85. The molecule has 1 saturated heterocycles. The molecule has 1 aromatic carbocycles. The van der Waals surface area contributed by atoms with Crippen LogP contribution < -0.4 is 10.2 Å². The van der Waals surface area contributed by atoms with Crippen molar-refractivity contribution in [1.82, 2.24) is 10.2 Å². The largest absolute Gasteiger partial charge is 0.361 e. The molecule has 1 heterocycles. The number of benzene rings is 1. The second-order valence-electron chi connectivity index (χ2n) is 5.28. The first kappa shape index (κ1) is 13.7. The molecular weight excluding hydrogens is 246 g/mol. The van der Waals surface area contributed by atoms with E-state index in [0.29, 0.717) is 12.1 Å². The van der Waals surface area contributed by atoms with Gasteiger partial charge in [-0.05, 0) is 33.2 Å². The molecule has 1 N–H and O–H groups in total. The average Bonchev–Trinajstić information content (AvgIpc) is 2.30. The molecule has 3 nitrogen and oxygen atoms in total. The molecule has 18 heavy (non-hydrogen) atoms. The van der Waals surface area contributed by atoms with E-state index in [1.807, 2.05) is 12.1 Å². The van der Waals surface area contributed by atoms with Crippen LogP contribution in [0.3, 0.4) is 0 Å². The summed E-state index contributed by atoms with van der Waals surface area (Å²) in [5, 5.41) is 4.34. The van der Waals surface area contributed by atoms with E-state index in [4.69, 9.17) is 11.6 Å². The lowest BCUT2D eigenvalue weighted by atomic mass is 10.1. The Kier molecular flexibility index (Phi) is 4.49. The Hall–Kier alpha value is -0.770. The van der Waals surface area contributed by atoms with Gasteiger partial charge in [0.2, 0.25) is 0 Å². The maximum absolute atomic E-state index is 6.35. The normalized spacial score (nSPS) is 24.6. The fourth-order valence-electron chi connectivity index (χ4n) is 2.68. The average molecular weight is 268 g/mol. The number of para-hydroxylation sites is 1. The van der Waals surface area contributed by atoms with Gasteiger partial charge < -0.3 is 15.1 Å². The smallest absolute Gasteiger partial charge is 0.0639 e. The maximum atomic E-state index is 6.35. The SMILES string of the molecule is CC1CNCC(CN(C)C)N1c1ccccc1Cl. The zero-order chi connectivity index (χ0) is 13.1. The number of nitrogens with zero attached hydrogens (tertiary/aromatic N) is 2. The number of rotatable bonds is 3. The summed E-state index contributed by atoms with van der Waals surface area (Å²) in [5.74, 6) is 0. The second kappa shape index (κ2) is 5.91. The van der Waals surface area contributed by atoms with Gasteiger partial charge in [0.05, 0.1) is 16.8 Å². The van der Waals surface area contributed by atoms with Crippen molar-refractivity contribution in [2.45, 2.75) is 19.0 Å². The van der Waals surface area contributed by atoms with Crippen molar-refractivity contribution >= 4 is 17.3 Å². The molecule has 100 valence electrons. The molecule has 2 atom stereocenters. The summed E-state index contributed by atoms with van der Waals surface area (Å²) in [7, 11) is 4.23. The molecule has 1 aliphatic heterocycles. The van der Waals surface area contributed by atoms with Crippen molar-refractivity contribution in [2.75, 3.05) is 38.6 Å². The van der Waals surface area contributed by atoms with Crippen LogP contribution in [0, 0.1) is 0 Å². The molecule has 2 rings (SSSR count). The topological polar surface area (TPSA) is 18.5 Å². The van der Waals surface area contributed by atoms with Crippen LogP contribution in [0.2, 0.25) is 5.02 Å². The number of hydrogen-bond acceptors (Lipinski definition) is 3. The molecule has 1 aromatic rings. The Bertz CT molecular complexity index is 394. The summed E-state index contributed by atoms with van der Waals surface area (Å²) in [6, 6.07) is 9.06. The fraction of sp³-hybridized carbons (Fsp3) is 0.571. The lowest BCUT2D eigenvalue weighted by molar-refractivity contribution is 0.316. The number of anilines is 1. The molecule has 0 bridgehead atoms. The van der Waals surface area contributed by atoms with Gasteiger partial charge >= 0.3 is 0 Å². The first-order chi connectivity index (χ1) is 8.59. The van der Waals surface area contributed by atoms with E-state index in [2.05, 4.69) is 48.3 Å². The van der Waals surface area contributed by atoms with Crippen molar-refractivity contribution in [2.24, 2.45) is 0 Å². The number of nitrogens with one attached hydrogen (secondary N) is 1. The van der Waals surface area contributed by atoms with Crippen LogP contribution in [0.25, 0.3) is 0 Å². The Morgan fingerprint density at radius 2 is 2.06 bits per heavy atom. The second-order valence-corrected chi connectivity index (χ2v) is 5.69. The van der Waals surface area contributed by atoms with Gasteiger partial charge in [0, 0.05) is 25.7 Å². The van der Waals surface area contributed by atoms with E-state index >= 15 is 0 Å². The van der Waals surface area contributed by atoms with Crippen molar-refractivity contribution in [1.29, 1.82) is 0 Å². The molecular formula is C14H22ClN3. The Morgan fingerprint density at radius 1 is 1.33 bits per heavy atom. The van der Waals surface area contributed by atoms with Crippen LogP contribution >= 0.6 is 11.6 Å². The highest BCUT2D eigenvalue weighted by molar-refractivity contribution is 6.33. The summed E-state index contributed by atoms with van der Waals surface area (Å²) >= 11 is 6.35. The maximum Gasteiger partial charge on any atom is 0.0639 e. The minimum Gasteiger partial charge on any atom is -0.361 e. The Labute approximate surface area is 115 Å². The van der Waals surface area contributed by atoms with Crippen LogP contribution in [-0.4, -0.2) is 50.7 Å². The van der Waals surface area contributed by atoms with Crippen molar-refractivity contribution in [3.05, 3.63) is 29.3 Å². The van der Waals surface area contributed by atoms with Crippen molar-refractivity contribution < 1.29 is 0 Å². The first-order valence-electron chi connectivity index (χ1n) is 6.48. The third kappa shape index (κ3) is 2.97. The van der Waals surface area contributed by atoms with Crippen LogP contribution in [0.15, 0.2) is 24.3 Å². The van der Waals surface area contributed by atoms with E-state index < -0.39 is 0 Å². The highest BCUT2D eigenvalue weighted by Gasteiger charge is 2.29. The molecule has 1 fully saturated rings. The van der Waals surface area contributed by atoms with Crippen LogP contribution in [0.1, 0.15) is 6.92 Å². The summed E-state index contributed by atoms with van der Waals surface area (Å²) in [6.45, 7) is 5.30. The minimum absolute atomic E-state index is 0.462. The predicted octanol–water partition coefficient (Wildman–Crippen LogP) is 2.07. The number of likely N-dealkylation sites (N-methyl/N-ethyl adjacent to an activating group) is 1. The van der Waals surface area contributed by atoms with E-state index in [1.54, 1.807) is 0 Å². The van der Waals surface area contributed by atoms with Gasteiger partial charge in [-0.3, -0.25) is 0 Å². The third-order valence-electron chi connectivity index (χ3n) is 3.39. The number of halogens is 1.